The van der Waals surface area contributed by atoms with Crippen LogP contribution in [0, 0.1) is 12.7 Å². The van der Waals surface area contributed by atoms with E-state index in [4.69, 9.17) is 5.73 Å². The van der Waals surface area contributed by atoms with Crippen molar-refractivity contribution in [3.8, 4) is 5.75 Å². The van der Waals surface area contributed by atoms with E-state index >= 15 is 0 Å². The highest BCUT2D eigenvalue weighted by atomic mass is 79.9. The van der Waals surface area contributed by atoms with Crippen molar-refractivity contribution in [2.24, 2.45) is 10.7 Å². The molecule has 2 aromatic rings. The van der Waals surface area contributed by atoms with Crippen molar-refractivity contribution < 1.29 is 17.9 Å². The summed E-state index contributed by atoms with van der Waals surface area (Å²) in [5.41, 5.74) is 8.83. The Kier molecular flexibility index (Phi) is 11.4. The molecular formula is C23H28BrF3N2O. The Balaban J connectivity index is 0.000000303. The van der Waals surface area contributed by atoms with Crippen molar-refractivity contribution in [2.45, 2.75) is 46.1 Å². The second-order valence-electron chi connectivity index (χ2n) is 6.63. The Morgan fingerprint density at radius 1 is 1.30 bits per heavy atom. The first-order valence-corrected chi connectivity index (χ1v) is 10.4. The molecular weight excluding hydrogens is 457 g/mol. The minimum atomic E-state index is -2.78. The van der Waals surface area contributed by atoms with Gasteiger partial charge in [-0.1, -0.05) is 44.5 Å². The fourth-order valence-corrected chi connectivity index (χ4v) is 3.06. The van der Waals surface area contributed by atoms with Gasteiger partial charge in [0.2, 0.25) is 0 Å². The fourth-order valence-electron chi connectivity index (χ4n) is 2.61. The molecule has 2 N–H and O–H groups in total. The predicted molar refractivity (Wildman–Crippen MR) is 122 cm³/mol. The third-order valence-corrected chi connectivity index (χ3v) is 4.88. The van der Waals surface area contributed by atoms with E-state index in [1.165, 1.54) is 12.1 Å². The molecule has 0 radical (unpaired) electrons. The number of aliphatic imine (C=N–C) groups is 1. The Morgan fingerprint density at radius 3 is 2.53 bits per heavy atom. The van der Waals surface area contributed by atoms with Crippen LogP contribution in [-0.4, -0.2) is 18.9 Å². The summed E-state index contributed by atoms with van der Waals surface area (Å²) in [4.78, 5) is 4.40. The van der Waals surface area contributed by atoms with Gasteiger partial charge in [0.1, 0.15) is 11.6 Å². The average Bonchev–Trinajstić information content (AvgIpc) is 2.71. The highest BCUT2D eigenvalue weighted by molar-refractivity contribution is 9.10. The standard InChI is InChI=1S/C12H16BrFN2.C11H12F2O/c1-3-4-9(7-15)16-12-6-11(14)10(13)5-8(12)2;1-3-8(2)9-6-4-5-7-10(9)14-11(12)13/h5-6H,3-4,7,15H2,1-2H3;3-8,11H,1H2,2H3. The number of para-hydroxylation sites is 1. The second-order valence-corrected chi connectivity index (χ2v) is 7.48. The lowest BCUT2D eigenvalue weighted by molar-refractivity contribution is -0.0505. The van der Waals surface area contributed by atoms with Crippen LogP contribution in [-0.2, 0) is 0 Å². The zero-order valence-corrected chi connectivity index (χ0v) is 19.1. The zero-order valence-electron chi connectivity index (χ0n) is 17.5. The van der Waals surface area contributed by atoms with Gasteiger partial charge in [0.05, 0.1) is 10.2 Å². The van der Waals surface area contributed by atoms with Gasteiger partial charge in [0.25, 0.3) is 0 Å². The summed E-state index contributed by atoms with van der Waals surface area (Å²) < 4.78 is 42.2. The molecule has 7 heteroatoms. The van der Waals surface area contributed by atoms with Crippen LogP contribution in [0.1, 0.15) is 43.7 Å². The number of rotatable bonds is 8. The number of aryl methyl sites for hydroxylation is 1. The summed E-state index contributed by atoms with van der Waals surface area (Å²) >= 11 is 3.15. The van der Waals surface area contributed by atoms with Crippen LogP contribution in [0.4, 0.5) is 18.9 Å². The number of allylic oxidation sites excluding steroid dienone is 1. The van der Waals surface area contributed by atoms with Crippen LogP contribution in [0.5, 0.6) is 5.75 Å². The molecule has 0 heterocycles. The molecule has 1 atom stereocenters. The quantitative estimate of drug-likeness (QED) is 0.315. The molecule has 2 rings (SSSR count). The van der Waals surface area contributed by atoms with E-state index in [0.29, 0.717) is 16.7 Å². The minimum absolute atomic E-state index is 0.00458. The Labute approximate surface area is 185 Å². The van der Waals surface area contributed by atoms with E-state index in [2.05, 4.69) is 39.2 Å². The van der Waals surface area contributed by atoms with E-state index in [0.717, 1.165) is 29.7 Å². The normalized spacial score (nSPS) is 12.2. The van der Waals surface area contributed by atoms with E-state index in [1.807, 2.05) is 13.8 Å². The van der Waals surface area contributed by atoms with Crippen molar-refractivity contribution in [3.63, 3.8) is 0 Å². The lowest BCUT2D eigenvalue weighted by Crippen LogP contribution is -2.13. The van der Waals surface area contributed by atoms with Crippen molar-refractivity contribution in [2.75, 3.05) is 6.54 Å². The van der Waals surface area contributed by atoms with Crippen LogP contribution in [0.2, 0.25) is 0 Å². The number of halogens is 4. The minimum Gasteiger partial charge on any atom is -0.435 e. The molecule has 1 unspecified atom stereocenters. The molecule has 30 heavy (non-hydrogen) atoms. The molecule has 0 bridgehead atoms. The smallest absolute Gasteiger partial charge is 0.387 e. The van der Waals surface area contributed by atoms with Crippen molar-refractivity contribution in [1.82, 2.24) is 0 Å². The summed E-state index contributed by atoms with van der Waals surface area (Å²) in [7, 11) is 0. The number of nitrogens with two attached hydrogens (primary N) is 1. The molecule has 0 saturated carbocycles. The number of benzene rings is 2. The van der Waals surface area contributed by atoms with Crippen LogP contribution in [0.15, 0.2) is 58.5 Å². The fraction of sp³-hybridized carbons (Fsp3) is 0.348. The summed E-state index contributed by atoms with van der Waals surface area (Å²) in [6, 6.07) is 9.90. The van der Waals surface area contributed by atoms with Gasteiger partial charge in [-0.3, -0.25) is 4.99 Å². The number of nitrogens with zero attached hydrogens (tertiary/aromatic N) is 1. The largest absolute Gasteiger partial charge is 0.435 e. The van der Waals surface area contributed by atoms with Crippen LogP contribution in [0.3, 0.4) is 0 Å². The molecule has 0 fully saturated rings. The first-order valence-electron chi connectivity index (χ1n) is 9.61. The molecule has 0 amide bonds. The predicted octanol–water partition coefficient (Wildman–Crippen LogP) is 7.31. The first-order chi connectivity index (χ1) is 14.2. The third-order valence-electron chi connectivity index (χ3n) is 4.27. The van der Waals surface area contributed by atoms with Crippen LogP contribution < -0.4 is 10.5 Å². The highest BCUT2D eigenvalue weighted by Gasteiger charge is 2.11. The molecule has 0 aliphatic rings. The van der Waals surface area contributed by atoms with Gasteiger partial charge >= 0.3 is 6.61 Å². The SMILES string of the molecule is C=CC(C)c1ccccc1OC(F)F.CCCC(CN)=Nc1cc(F)c(Br)cc1C. The third kappa shape index (κ3) is 8.32. The maximum atomic E-state index is 13.4. The lowest BCUT2D eigenvalue weighted by Gasteiger charge is -2.13. The van der Waals surface area contributed by atoms with Gasteiger partial charge in [-0.05, 0) is 47.0 Å². The summed E-state index contributed by atoms with van der Waals surface area (Å²) in [5, 5.41) is 0. The highest BCUT2D eigenvalue weighted by Crippen LogP contribution is 2.28. The van der Waals surface area contributed by atoms with Gasteiger partial charge in [-0.25, -0.2) is 4.39 Å². The number of ether oxygens (including phenoxy) is 1. The summed E-state index contributed by atoms with van der Waals surface area (Å²) in [6.45, 7) is 7.10. The molecule has 164 valence electrons. The molecule has 0 saturated heterocycles. The maximum absolute atomic E-state index is 13.4. The summed E-state index contributed by atoms with van der Waals surface area (Å²) in [5.74, 6) is -0.0722. The second kappa shape index (κ2) is 13.2. The Hall–Kier alpha value is -2.12. The van der Waals surface area contributed by atoms with Gasteiger partial charge in [0, 0.05) is 29.8 Å². The number of hydrogen-bond donors (Lipinski definition) is 1. The Bertz CT molecular complexity index is 856. The monoisotopic (exact) mass is 484 g/mol. The number of alkyl halides is 2. The van der Waals surface area contributed by atoms with Gasteiger partial charge in [-0.15, -0.1) is 6.58 Å². The van der Waals surface area contributed by atoms with E-state index in [-0.39, 0.29) is 17.5 Å². The first kappa shape index (κ1) is 25.9. The molecule has 0 aromatic heterocycles. The molecule has 0 aliphatic carbocycles. The van der Waals surface area contributed by atoms with Crippen molar-refractivity contribution in [1.29, 1.82) is 0 Å². The van der Waals surface area contributed by atoms with Crippen LogP contribution >= 0.6 is 15.9 Å². The van der Waals surface area contributed by atoms with E-state index < -0.39 is 6.61 Å². The number of hydrogen-bond acceptors (Lipinski definition) is 3. The van der Waals surface area contributed by atoms with Gasteiger partial charge < -0.3 is 10.5 Å². The average molecular weight is 485 g/mol. The Morgan fingerprint density at radius 2 is 1.97 bits per heavy atom. The van der Waals surface area contributed by atoms with Crippen LogP contribution in [0.25, 0.3) is 0 Å². The van der Waals surface area contributed by atoms with Gasteiger partial charge in [-0.2, -0.15) is 8.78 Å². The summed E-state index contributed by atoms with van der Waals surface area (Å²) in [6.07, 6.45) is 3.54. The van der Waals surface area contributed by atoms with E-state index in [1.54, 1.807) is 30.3 Å². The lowest BCUT2D eigenvalue weighted by atomic mass is 10.0. The molecule has 2 aromatic carbocycles. The molecule has 0 spiro atoms. The topological polar surface area (TPSA) is 47.6 Å². The van der Waals surface area contributed by atoms with Gasteiger partial charge in [0.15, 0.2) is 0 Å². The maximum Gasteiger partial charge on any atom is 0.387 e. The van der Waals surface area contributed by atoms with Crippen molar-refractivity contribution >= 4 is 27.3 Å². The molecule has 3 nitrogen and oxygen atoms in total. The van der Waals surface area contributed by atoms with Crippen molar-refractivity contribution in [3.05, 3.63) is 70.5 Å². The molecule has 0 aliphatic heterocycles. The zero-order chi connectivity index (χ0) is 22.7. The van der Waals surface area contributed by atoms with E-state index in [9.17, 15) is 13.2 Å².